The summed E-state index contributed by atoms with van der Waals surface area (Å²) < 4.78 is 5.70. The standard InChI is InChI=1S/C16H33N3O/c1-15(2)19-11-9-18(10-12-19)8-5-7-17(3)14-16-6-4-13-20-16/h15-16H,4-14H2,1-3H3/t16-/m0/s1. The molecule has 0 spiro atoms. The molecule has 0 saturated carbocycles. The van der Waals surface area contributed by atoms with E-state index < -0.39 is 0 Å². The highest BCUT2D eigenvalue weighted by Crippen LogP contribution is 2.13. The molecule has 4 nitrogen and oxygen atoms in total. The molecule has 2 aliphatic rings. The van der Waals surface area contributed by atoms with E-state index in [0.29, 0.717) is 12.1 Å². The van der Waals surface area contributed by atoms with Crippen molar-refractivity contribution in [2.24, 2.45) is 0 Å². The van der Waals surface area contributed by atoms with Crippen molar-refractivity contribution in [3.05, 3.63) is 0 Å². The van der Waals surface area contributed by atoms with Gasteiger partial charge in [0.2, 0.25) is 0 Å². The summed E-state index contributed by atoms with van der Waals surface area (Å²) in [4.78, 5) is 7.65. The van der Waals surface area contributed by atoms with Crippen molar-refractivity contribution in [1.29, 1.82) is 0 Å². The molecule has 0 aliphatic carbocycles. The van der Waals surface area contributed by atoms with Gasteiger partial charge < -0.3 is 14.5 Å². The topological polar surface area (TPSA) is 19.0 Å². The zero-order valence-corrected chi connectivity index (χ0v) is 13.7. The lowest BCUT2D eigenvalue weighted by molar-refractivity contribution is 0.0769. The molecular weight excluding hydrogens is 250 g/mol. The van der Waals surface area contributed by atoms with Gasteiger partial charge >= 0.3 is 0 Å². The first kappa shape index (κ1) is 16.2. The number of piperazine rings is 1. The molecule has 1 atom stereocenters. The van der Waals surface area contributed by atoms with E-state index in [1.54, 1.807) is 0 Å². The van der Waals surface area contributed by atoms with Crippen LogP contribution in [0.4, 0.5) is 0 Å². The van der Waals surface area contributed by atoms with Crippen LogP contribution in [-0.4, -0.2) is 86.3 Å². The average Bonchev–Trinajstić information content (AvgIpc) is 2.92. The Labute approximate surface area is 125 Å². The van der Waals surface area contributed by atoms with Gasteiger partial charge in [0.05, 0.1) is 6.10 Å². The van der Waals surface area contributed by atoms with Crippen molar-refractivity contribution in [3.8, 4) is 0 Å². The van der Waals surface area contributed by atoms with Gasteiger partial charge in [-0.3, -0.25) is 4.90 Å². The van der Waals surface area contributed by atoms with Crippen molar-refractivity contribution in [1.82, 2.24) is 14.7 Å². The second kappa shape index (κ2) is 8.32. The Bertz CT molecular complexity index is 258. The van der Waals surface area contributed by atoms with Gasteiger partial charge in [0.15, 0.2) is 0 Å². The number of hydrogen-bond donors (Lipinski definition) is 0. The normalized spacial score (nSPS) is 25.9. The second-order valence-corrected chi connectivity index (χ2v) is 6.72. The van der Waals surface area contributed by atoms with Crippen molar-refractivity contribution in [2.45, 2.75) is 45.3 Å². The van der Waals surface area contributed by atoms with E-state index in [1.165, 1.54) is 58.5 Å². The van der Waals surface area contributed by atoms with Gasteiger partial charge in [0.25, 0.3) is 0 Å². The van der Waals surface area contributed by atoms with Crippen LogP contribution in [0.2, 0.25) is 0 Å². The Kier molecular flexibility index (Phi) is 6.75. The zero-order chi connectivity index (χ0) is 14.4. The fourth-order valence-electron chi connectivity index (χ4n) is 3.29. The van der Waals surface area contributed by atoms with Gasteiger partial charge in [-0.2, -0.15) is 0 Å². The molecule has 0 N–H and O–H groups in total. The summed E-state index contributed by atoms with van der Waals surface area (Å²) in [6.07, 6.45) is 4.28. The smallest absolute Gasteiger partial charge is 0.0702 e. The largest absolute Gasteiger partial charge is 0.377 e. The molecule has 2 rings (SSSR count). The predicted molar refractivity (Wildman–Crippen MR) is 84.2 cm³/mol. The quantitative estimate of drug-likeness (QED) is 0.705. The van der Waals surface area contributed by atoms with Gasteiger partial charge in [-0.15, -0.1) is 0 Å². The number of likely N-dealkylation sites (N-methyl/N-ethyl adjacent to an activating group) is 1. The van der Waals surface area contributed by atoms with Gasteiger partial charge in [0.1, 0.15) is 0 Å². The summed E-state index contributed by atoms with van der Waals surface area (Å²) in [6, 6.07) is 0.703. The highest BCUT2D eigenvalue weighted by atomic mass is 16.5. The summed E-state index contributed by atoms with van der Waals surface area (Å²) in [5, 5.41) is 0. The molecule has 0 amide bonds. The van der Waals surface area contributed by atoms with Crippen molar-refractivity contribution >= 4 is 0 Å². The molecule has 4 heteroatoms. The monoisotopic (exact) mass is 283 g/mol. The maximum atomic E-state index is 5.70. The molecule has 2 aliphatic heterocycles. The number of hydrogen-bond acceptors (Lipinski definition) is 4. The molecule has 2 fully saturated rings. The van der Waals surface area contributed by atoms with Gasteiger partial charge in [0, 0.05) is 45.4 Å². The molecule has 0 bridgehead atoms. The Hall–Kier alpha value is -0.160. The van der Waals surface area contributed by atoms with E-state index in [1.807, 2.05) is 0 Å². The van der Waals surface area contributed by atoms with Crippen LogP contribution in [0.25, 0.3) is 0 Å². The van der Waals surface area contributed by atoms with Crippen LogP contribution in [0.15, 0.2) is 0 Å². The Morgan fingerprint density at radius 1 is 1.20 bits per heavy atom. The molecule has 0 aromatic rings. The third-order valence-corrected chi connectivity index (χ3v) is 4.69. The number of nitrogens with zero attached hydrogens (tertiary/aromatic N) is 3. The summed E-state index contributed by atoms with van der Waals surface area (Å²) in [5.41, 5.74) is 0. The van der Waals surface area contributed by atoms with Crippen LogP contribution in [0, 0.1) is 0 Å². The maximum absolute atomic E-state index is 5.70. The van der Waals surface area contributed by atoms with Crippen LogP contribution in [0.5, 0.6) is 0 Å². The van der Waals surface area contributed by atoms with E-state index in [9.17, 15) is 0 Å². The number of ether oxygens (including phenoxy) is 1. The molecule has 0 radical (unpaired) electrons. The Balaban J connectivity index is 1.52. The fraction of sp³-hybridized carbons (Fsp3) is 1.00. The average molecular weight is 283 g/mol. The van der Waals surface area contributed by atoms with Gasteiger partial charge in [-0.25, -0.2) is 0 Å². The molecule has 0 aromatic heterocycles. The highest BCUT2D eigenvalue weighted by molar-refractivity contribution is 4.75. The van der Waals surface area contributed by atoms with Crippen LogP contribution < -0.4 is 0 Å². The lowest BCUT2D eigenvalue weighted by Gasteiger charge is -2.37. The van der Waals surface area contributed by atoms with E-state index in [-0.39, 0.29) is 0 Å². The summed E-state index contributed by atoms with van der Waals surface area (Å²) in [6.45, 7) is 14.1. The van der Waals surface area contributed by atoms with Crippen LogP contribution >= 0.6 is 0 Å². The second-order valence-electron chi connectivity index (χ2n) is 6.72. The molecule has 20 heavy (non-hydrogen) atoms. The zero-order valence-electron chi connectivity index (χ0n) is 13.7. The van der Waals surface area contributed by atoms with E-state index in [0.717, 1.165) is 13.2 Å². The van der Waals surface area contributed by atoms with Crippen LogP contribution in [0.1, 0.15) is 33.1 Å². The van der Waals surface area contributed by atoms with Crippen molar-refractivity contribution in [2.75, 3.05) is 59.5 Å². The number of rotatable bonds is 7. The Morgan fingerprint density at radius 2 is 1.95 bits per heavy atom. The van der Waals surface area contributed by atoms with Crippen molar-refractivity contribution in [3.63, 3.8) is 0 Å². The van der Waals surface area contributed by atoms with E-state index in [2.05, 4.69) is 35.6 Å². The Morgan fingerprint density at radius 3 is 2.55 bits per heavy atom. The lowest BCUT2D eigenvalue weighted by atomic mass is 10.2. The van der Waals surface area contributed by atoms with Gasteiger partial charge in [-0.05, 0) is 53.2 Å². The molecule has 2 heterocycles. The predicted octanol–water partition coefficient (Wildman–Crippen LogP) is 1.51. The first-order chi connectivity index (χ1) is 9.65. The van der Waals surface area contributed by atoms with Crippen molar-refractivity contribution < 1.29 is 4.74 Å². The minimum Gasteiger partial charge on any atom is -0.377 e. The van der Waals surface area contributed by atoms with E-state index in [4.69, 9.17) is 4.74 Å². The third-order valence-electron chi connectivity index (χ3n) is 4.69. The fourth-order valence-corrected chi connectivity index (χ4v) is 3.29. The molecule has 0 aromatic carbocycles. The SMILES string of the molecule is CC(C)N1CCN(CCCN(C)C[C@@H]2CCCO2)CC1. The molecular formula is C16H33N3O. The van der Waals surface area contributed by atoms with Crippen LogP contribution in [0.3, 0.4) is 0 Å². The van der Waals surface area contributed by atoms with Crippen LogP contribution in [-0.2, 0) is 4.74 Å². The molecule has 118 valence electrons. The summed E-state index contributed by atoms with van der Waals surface area (Å²) >= 11 is 0. The maximum Gasteiger partial charge on any atom is 0.0702 e. The minimum atomic E-state index is 0.495. The summed E-state index contributed by atoms with van der Waals surface area (Å²) in [7, 11) is 2.23. The first-order valence-corrected chi connectivity index (χ1v) is 8.41. The first-order valence-electron chi connectivity index (χ1n) is 8.41. The highest BCUT2D eigenvalue weighted by Gasteiger charge is 2.19. The van der Waals surface area contributed by atoms with Gasteiger partial charge in [-0.1, -0.05) is 0 Å². The molecule has 0 unspecified atom stereocenters. The van der Waals surface area contributed by atoms with E-state index >= 15 is 0 Å². The lowest BCUT2D eigenvalue weighted by Crippen LogP contribution is -2.49. The summed E-state index contributed by atoms with van der Waals surface area (Å²) in [5.74, 6) is 0. The third kappa shape index (κ3) is 5.32. The molecule has 2 saturated heterocycles. The minimum absolute atomic E-state index is 0.495.